The molecule has 5 rings (SSSR count). The number of anilines is 1. The number of benzene rings is 1. The molecule has 3 N–H and O–H groups in total. The van der Waals surface area contributed by atoms with Crippen molar-refractivity contribution in [2.24, 2.45) is 23.7 Å². The molecular weight excluding hydrogens is 564 g/mol. The van der Waals surface area contributed by atoms with E-state index in [9.17, 15) is 37.1 Å². The van der Waals surface area contributed by atoms with Crippen LogP contribution in [0.4, 0.5) is 23.4 Å². The van der Waals surface area contributed by atoms with Crippen LogP contribution in [0.15, 0.2) is 24.5 Å². The molecular formula is C28H30F4N4O6. The van der Waals surface area contributed by atoms with Gasteiger partial charge in [-0.25, -0.2) is 14.4 Å². The summed E-state index contributed by atoms with van der Waals surface area (Å²) in [5, 5.41) is 14.5. The number of carbonyl (C=O) groups is 3. The van der Waals surface area contributed by atoms with Gasteiger partial charge in [0.1, 0.15) is 23.6 Å². The van der Waals surface area contributed by atoms with Gasteiger partial charge >= 0.3 is 12.1 Å². The number of nitrogens with one attached hydrogen (secondary N) is 2. The predicted octanol–water partition coefficient (Wildman–Crippen LogP) is 4.45. The van der Waals surface area contributed by atoms with Crippen molar-refractivity contribution >= 4 is 23.6 Å². The Labute approximate surface area is 238 Å². The molecule has 3 aliphatic carbocycles. The number of aliphatic carboxylic acids is 1. The normalized spacial score (nSPS) is 26.9. The Balaban J connectivity index is 1.31. The van der Waals surface area contributed by atoms with Crippen molar-refractivity contribution in [3.8, 4) is 11.5 Å². The number of rotatable bonds is 8. The van der Waals surface area contributed by atoms with Crippen molar-refractivity contribution in [2.75, 3.05) is 12.4 Å². The maximum atomic E-state index is 14.9. The number of nitrogens with zero attached hydrogens (tertiary/aromatic N) is 2. The van der Waals surface area contributed by atoms with Gasteiger partial charge in [-0.05, 0) is 62.8 Å². The topological polar surface area (TPSA) is 140 Å². The van der Waals surface area contributed by atoms with E-state index < -0.39 is 59.5 Å². The maximum absolute atomic E-state index is 14.9. The van der Waals surface area contributed by atoms with Crippen LogP contribution >= 0.6 is 0 Å². The van der Waals surface area contributed by atoms with Gasteiger partial charge in [-0.2, -0.15) is 13.2 Å². The minimum absolute atomic E-state index is 0.0133. The highest BCUT2D eigenvalue weighted by Gasteiger charge is 2.51. The summed E-state index contributed by atoms with van der Waals surface area (Å²) in [7, 11) is 1.28. The van der Waals surface area contributed by atoms with Crippen LogP contribution in [-0.4, -0.2) is 52.1 Å². The van der Waals surface area contributed by atoms with Crippen LogP contribution in [0.5, 0.6) is 11.5 Å². The van der Waals surface area contributed by atoms with Crippen molar-refractivity contribution < 1.29 is 46.5 Å². The number of aromatic nitrogens is 2. The van der Waals surface area contributed by atoms with Crippen molar-refractivity contribution in [3.05, 3.63) is 41.6 Å². The van der Waals surface area contributed by atoms with E-state index in [1.807, 2.05) is 0 Å². The van der Waals surface area contributed by atoms with Gasteiger partial charge in [-0.15, -0.1) is 0 Å². The fourth-order valence-corrected chi connectivity index (χ4v) is 6.47. The van der Waals surface area contributed by atoms with Gasteiger partial charge in [0.2, 0.25) is 5.91 Å². The number of carbonyl (C=O) groups excluding carboxylic acids is 2. The zero-order chi connectivity index (χ0) is 30.2. The van der Waals surface area contributed by atoms with Crippen molar-refractivity contribution in [3.63, 3.8) is 0 Å². The Morgan fingerprint density at radius 2 is 1.69 bits per heavy atom. The molecule has 2 aromatic rings. The summed E-state index contributed by atoms with van der Waals surface area (Å²) >= 11 is 0. The van der Waals surface area contributed by atoms with Crippen LogP contribution in [0.25, 0.3) is 0 Å². The summed E-state index contributed by atoms with van der Waals surface area (Å²) < 4.78 is 65.2. The van der Waals surface area contributed by atoms with E-state index in [4.69, 9.17) is 9.47 Å². The number of hydrogen-bond acceptors (Lipinski definition) is 7. The number of methoxy groups -OCH3 is 1. The molecule has 0 radical (unpaired) electrons. The van der Waals surface area contributed by atoms with Crippen LogP contribution in [-0.2, 0) is 15.8 Å². The van der Waals surface area contributed by atoms with E-state index in [2.05, 4.69) is 20.6 Å². The number of fused-ring (bicyclic) bond motifs is 2. The van der Waals surface area contributed by atoms with Gasteiger partial charge < -0.3 is 25.2 Å². The first-order chi connectivity index (χ1) is 19.9. The second-order valence-electron chi connectivity index (χ2n) is 11.0. The average molecular weight is 595 g/mol. The number of hydrogen-bond donors (Lipinski definition) is 3. The van der Waals surface area contributed by atoms with E-state index in [1.54, 1.807) is 0 Å². The standard InChI is InChI=1S/C28H30F4N4O6/c1-41-19-10-18(29)20(42-16-6-4-13(5-7-16)27(39)40)9-17(19)25(37)36-24-15-3-2-14(8-15)23(24)26(38)35-22-11-21(28(30,31)32)33-12-34-22/h9-16,23-24H,2-8H2,1H3,(H,36,37)(H,39,40)(H,33,34,35,38)/t13?,14-,15+,16?,23+,24-/m1/s1. The Kier molecular flexibility index (Phi) is 8.24. The fourth-order valence-electron chi connectivity index (χ4n) is 6.47. The van der Waals surface area contributed by atoms with Crippen LogP contribution in [0.2, 0.25) is 0 Å². The molecule has 3 saturated carbocycles. The van der Waals surface area contributed by atoms with Gasteiger partial charge in [-0.3, -0.25) is 14.4 Å². The van der Waals surface area contributed by atoms with E-state index in [1.165, 1.54) is 13.2 Å². The first-order valence-corrected chi connectivity index (χ1v) is 13.7. The quantitative estimate of drug-likeness (QED) is 0.381. The second-order valence-corrected chi connectivity index (χ2v) is 11.0. The van der Waals surface area contributed by atoms with Crippen molar-refractivity contribution in [1.82, 2.24) is 15.3 Å². The zero-order valence-corrected chi connectivity index (χ0v) is 22.6. The van der Waals surface area contributed by atoms with E-state index in [0.717, 1.165) is 25.2 Å². The monoisotopic (exact) mass is 594 g/mol. The summed E-state index contributed by atoms with van der Waals surface area (Å²) in [6.07, 6.45) is -0.626. The highest BCUT2D eigenvalue weighted by atomic mass is 19.4. The molecule has 14 heteroatoms. The van der Waals surface area contributed by atoms with Crippen LogP contribution < -0.4 is 20.1 Å². The van der Waals surface area contributed by atoms with Crippen molar-refractivity contribution in [2.45, 2.75) is 63.3 Å². The maximum Gasteiger partial charge on any atom is 0.433 e. The highest BCUT2D eigenvalue weighted by molar-refractivity contribution is 5.99. The van der Waals surface area contributed by atoms with Crippen molar-refractivity contribution in [1.29, 1.82) is 0 Å². The third-order valence-electron chi connectivity index (χ3n) is 8.54. The van der Waals surface area contributed by atoms with Gasteiger partial charge in [0, 0.05) is 18.2 Å². The third-order valence-corrected chi connectivity index (χ3v) is 8.54. The highest BCUT2D eigenvalue weighted by Crippen LogP contribution is 2.49. The Morgan fingerprint density at radius 1 is 0.976 bits per heavy atom. The van der Waals surface area contributed by atoms with Gasteiger partial charge in [0.05, 0.1) is 30.6 Å². The van der Waals surface area contributed by atoms with E-state index >= 15 is 0 Å². The Bertz CT molecular complexity index is 1360. The number of ether oxygens (including phenoxy) is 2. The number of halogens is 4. The Morgan fingerprint density at radius 3 is 2.36 bits per heavy atom. The molecule has 10 nitrogen and oxygen atoms in total. The molecule has 0 aliphatic heterocycles. The lowest BCUT2D eigenvalue weighted by atomic mass is 9.83. The Hall–Kier alpha value is -3.97. The molecule has 1 heterocycles. The van der Waals surface area contributed by atoms with Gasteiger partial charge in [0.15, 0.2) is 11.6 Å². The summed E-state index contributed by atoms with van der Waals surface area (Å²) in [6, 6.07) is 2.29. The molecule has 2 bridgehead atoms. The smallest absolute Gasteiger partial charge is 0.433 e. The minimum Gasteiger partial charge on any atom is -0.496 e. The average Bonchev–Trinajstić information content (AvgIpc) is 3.56. The molecule has 3 aliphatic rings. The number of carboxylic acids is 1. The second kappa shape index (κ2) is 11.7. The molecule has 4 atom stereocenters. The van der Waals surface area contributed by atoms with Crippen LogP contribution in [0, 0.1) is 29.5 Å². The van der Waals surface area contributed by atoms with Crippen LogP contribution in [0.3, 0.4) is 0 Å². The molecule has 0 unspecified atom stereocenters. The first-order valence-electron chi connectivity index (χ1n) is 13.7. The van der Waals surface area contributed by atoms with Gasteiger partial charge in [-0.1, -0.05) is 0 Å². The molecule has 3 fully saturated rings. The SMILES string of the molecule is COc1cc(F)c(OC2CCC(C(=O)O)CC2)cc1C(=O)N[C@@H]1[C@H]2CC[C@H](C2)[C@@H]1C(=O)Nc1cc(C(F)(F)F)ncn1. The molecule has 226 valence electrons. The molecule has 1 aromatic heterocycles. The molecule has 2 amide bonds. The summed E-state index contributed by atoms with van der Waals surface area (Å²) in [6.45, 7) is 0. The number of alkyl halides is 3. The zero-order valence-electron chi connectivity index (χ0n) is 22.6. The summed E-state index contributed by atoms with van der Waals surface area (Å²) in [5.74, 6) is -4.63. The molecule has 0 spiro atoms. The largest absolute Gasteiger partial charge is 0.496 e. The van der Waals surface area contributed by atoms with Gasteiger partial charge in [0.25, 0.3) is 5.91 Å². The van der Waals surface area contributed by atoms with E-state index in [-0.39, 0.29) is 34.7 Å². The third kappa shape index (κ3) is 6.12. The lowest BCUT2D eigenvalue weighted by molar-refractivity contribution is -0.143. The first kappa shape index (κ1) is 29.5. The minimum atomic E-state index is -4.71. The lowest BCUT2D eigenvalue weighted by Gasteiger charge is -2.31. The molecule has 42 heavy (non-hydrogen) atoms. The van der Waals surface area contributed by atoms with E-state index in [0.29, 0.717) is 38.2 Å². The predicted molar refractivity (Wildman–Crippen MR) is 138 cm³/mol. The number of carboxylic acid groups (broad SMARTS) is 1. The lowest BCUT2D eigenvalue weighted by Crippen LogP contribution is -2.48. The summed E-state index contributed by atoms with van der Waals surface area (Å²) in [5.41, 5.74) is -1.21. The number of amides is 2. The summed E-state index contributed by atoms with van der Waals surface area (Å²) in [4.78, 5) is 44.9. The van der Waals surface area contributed by atoms with Crippen LogP contribution in [0.1, 0.15) is 61.0 Å². The molecule has 0 saturated heterocycles. The molecule has 1 aromatic carbocycles. The fraction of sp³-hybridized carbons (Fsp3) is 0.536.